The van der Waals surface area contributed by atoms with Gasteiger partial charge in [-0.1, -0.05) is 72.3 Å². The third-order valence-electron chi connectivity index (χ3n) is 9.67. The van der Waals surface area contributed by atoms with Gasteiger partial charge in [0.25, 0.3) is 5.91 Å². The van der Waals surface area contributed by atoms with Crippen molar-refractivity contribution in [2.45, 2.75) is 59.1 Å². The van der Waals surface area contributed by atoms with Gasteiger partial charge in [-0.25, -0.2) is 20.2 Å². The van der Waals surface area contributed by atoms with Gasteiger partial charge in [0.1, 0.15) is 11.3 Å². The molecule has 1 aliphatic heterocycles. The number of carbonyl (C=O) groups is 3. The Hall–Kier alpha value is -5.85. The number of allylic oxidation sites excluding steroid dienone is 5. The second kappa shape index (κ2) is 17.5. The number of aromatic amines is 1. The molecule has 1 aliphatic rings. The highest BCUT2D eigenvalue weighted by atomic mass is 35.5. The highest BCUT2D eigenvalue weighted by molar-refractivity contribution is 6.31. The van der Waals surface area contributed by atoms with Crippen molar-refractivity contribution < 1.29 is 19.1 Å². The SMILES string of the molecule is C=C/C=C\C(=C/C)c1ncn(C(C)c2ccc(Cl)cc2)c1-c1c(C(=O)Nc2cccnc2N2CCC(C(=O)NNC(=O)OC(C)(C)C)CC2)[nH]c2cc(Cl)ccc12. The molecule has 0 bridgehead atoms. The van der Waals surface area contributed by atoms with Crippen LogP contribution in [0, 0.1) is 5.92 Å². The van der Waals surface area contributed by atoms with Crippen molar-refractivity contribution in [1.82, 2.24) is 30.4 Å². The van der Waals surface area contributed by atoms with Crippen LogP contribution in [0.5, 0.6) is 0 Å². The van der Waals surface area contributed by atoms with Crippen molar-refractivity contribution in [3.05, 3.63) is 125 Å². The Balaban J connectivity index is 1.33. The number of rotatable bonds is 10. The normalized spacial score (nSPS) is 14.4. The molecule has 2 aromatic carbocycles. The summed E-state index contributed by atoms with van der Waals surface area (Å²) in [5.41, 5.74) is 9.50. The molecule has 1 atom stereocenters. The molecule has 1 saturated heterocycles. The summed E-state index contributed by atoms with van der Waals surface area (Å²) >= 11 is 12.8. The maximum Gasteiger partial charge on any atom is 0.426 e. The number of imidazole rings is 1. The Morgan fingerprint density at radius 2 is 1.74 bits per heavy atom. The van der Waals surface area contributed by atoms with Crippen LogP contribution < -0.4 is 21.1 Å². The lowest BCUT2D eigenvalue weighted by atomic mass is 9.96. The zero-order chi connectivity index (χ0) is 40.9. The van der Waals surface area contributed by atoms with E-state index in [-0.39, 0.29) is 17.9 Å². The number of H-pyrrole nitrogens is 1. The summed E-state index contributed by atoms with van der Waals surface area (Å²) in [5.74, 6) is -0.455. The largest absolute Gasteiger partial charge is 0.443 e. The molecule has 14 heteroatoms. The van der Waals surface area contributed by atoms with Crippen molar-refractivity contribution in [2.75, 3.05) is 23.3 Å². The van der Waals surface area contributed by atoms with Gasteiger partial charge >= 0.3 is 6.09 Å². The van der Waals surface area contributed by atoms with Crippen molar-refractivity contribution in [2.24, 2.45) is 5.92 Å². The minimum Gasteiger partial charge on any atom is -0.443 e. The Morgan fingerprint density at radius 1 is 1.02 bits per heavy atom. The zero-order valence-corrected chi connectivity index (χ0v) is 34.0. The second-order valence-corrected chi connectivity index (χ2v) is 15.6. The molecule has 1 fully saturated rings. The van der Waals surface area contributed by atoms with Crippen LogP contribution in [0.25, 0.3) is 27.7 Å². The van der Waals surface area contributed by atoms with Gasteiger partial charge in [-0.3, -0.25) is 15.0 Å². The van der Waals surface area contributed by atoms with Gasteiger partial charge in [0.2, 0.25) is 5.91 Å². The summed E-state index contributed by atoms with van der Waals surface area (Å²) in [6.07, 6.45) is 11.2. The molecular formula is C43H46Cl2N8O4. The quantitative estimate of drug-likeness (QED) is 0.0812. The van der Waals surface area contributed by atoms with Gasteiger partial charge in [-0.2, -0.15) is 0 Å². The molecule has 57 heavy (non-hydrogen) atoms. The fraction of sp³-hybridized carbons (Fsp3) is 0.279. The number of hydrazine groups is 1. The molecule has 5 aromatic rings. The second-order valence-electron chi connectivity index (χ2n) is 14.7. The Morgan fingerprint density at radius 3 is 2.42 bits per heavy atom. The van der Waals surface area contributed by atoms with Crippen molar-refractivity contribution in [1.29, 1.82) is 0 Å². The maximum atomic E-state index is 14.7. The van der Waals surface area contributed by atoms with Gasteiger partial charge in [-0.15, -0.1) is 0 Å². The number of fused-ring (bicyclic) bond motifs is 1. The molecule has 3 aromatic heterocycles. The van der Waals surface area contributed by atoms with Crippen LogP contribution in [0.2, 0.25) is 10.0 Å². The smallest absolute Gasteiger partial charge is 0.426 e. The molecule has 0 spiro atoms. The zero-order valence-electron chi connectivity index (χ0n) is 32.5. The van der Waals surface area contributed by atoms with E-state index in [0.717, 1.165) is 22.2 Å². The number of benzene rings is 2. The fourth-order valence-electron chi connectivity index (χ4n) is 6.89. The standard InChI is InChI=1S/C43H46Cl2N8O4/c1-7-9-11-27(8-2)36-38(53(25-47-36)26(3)28-13-15-30(44)16-14-28)35-32-18-17-31(45)24-34(32)48-37(35)41(55)49-33-12-10-21-46-39(33)52-22-19-29(20-23-52)40(54)50-51-42(56)57-43(4,5)6/h7-18,21,24-26,29,48H,1,19-20,22-23H2,2-6H3,(H,49,55)(H,50,54)(H,51,56)/b11-9-,27-8+. The van der Waals surface area contributed by atoms with Gasteiger partial charge in [0.05, 0.1) is 29.4 Å². The lowest BCUT2D eigenvalue weighted by molar-refractivity contribution is -0.126. The number of pyridine rings is 1. The number of piperidine rings is 1. The average Bonchev–Trinajstić information content (AvgIpc) is 3.78. The van der Waals surface area contributed by atoms with Gasteiger partial charge in [0, 0.05) is 51.7 Å². The van der Waals surface area contributed by atoms with Gasteiger partial charge in [0.15, 0.2) is 5.82 Å². The number of amides is 3. The van der Waals surface area contributed by atoms with E-state index in [0.29, 0.717) is 69.9 Å². The van der Waals surface area contributed by atoms with Crippen LogP contribution >= 0.6 is 23.2 Å². The molecule has 0 radical (unpaired) electrons. The van der Waals surface area contributed by atoms with E-state index in [9.17, 15) is 14.4 Å². The number of nitrogens with zero attached hydrogens (tertiary/aromatic N) is 4. The van der Waals surface area contributed by atoms with Crippen LogP contribution in [0.15, 0.2) is 98.0 Å². The molecule has 0 aliphatic carbocycles. The van der Waals surface area contributed by atoms with E-state index < -0.39 is 17.6 Å². The number of hydrogen-bond donors (Lipinski definition) is 4. The Kier molecular flexibility index (Phi) is 12.5. The van der Waals surface area contributed by atoms with Gasteiger partial charge in [-0.05, 0) is 95.0 Å². The molecule has 4 heterocycles. The molecule has 296 valence electrons. The maximum absolute atomic E-state index is 14.7. The number of hydrogen-bond acceptors (Lipinski definition) is 7. The number of anilines is 2. The molecule has 6 rings (SSSR count). The summed E-state index contributed by atoms with van der Waals surface area (Å²) in [6, 6.07) is 16.5. The number of halogens is 2. The van der Waals surface area contributed by atoms with Crippen LogP contribution in [-0.4, -0.2) is 56.1 Å². The van der Waals surface area contributed by atoms with Crippen LogP contribution in [0.3, 0.4) is 0 Å². The molecule has 1 unspecified atom stereocenters. The summed E-state index contributed by atoms with van der Waals surface area (Å²) in [6.45, 7) is 14.1. The number of nitrogens with one attached hydrogen (secondary N) is 4. The number of aromatic nitrogens is 4. The van der Waals surface area contributed by atoms with Crippen LogP contribution in [-0.2, 0) is 9.53 Å². The predicted molar refractivity (Wildman–Crippen MR) is 227 cm³/mol. The topological polar surface area (TPSA) is 146 Å². The predicted octanol–water partition coefficient (Wildman–Crippen LogP) is 9.51. The van der Waals surface area contributed by atoms with E-state index in [1.54, 1.807) is 63.6 Å². The fourth-order valence-corrected chi connectivity index (χ4v) is 7.19. The van der Waals surface area contributed by atoms with Crippen LogP contribution in [0.1, 0.15) is 75.2 Å². The first kappa shape index (κ1) is 40.8. The van der Waals surface area contributed by atoms with E-state index in [1.807, 2.05) is 60.4 Å². The van der Waals surface area contributed by atoms with Crippen molar-refractivity contribution >= 4 is 69.1 Å². The minimum absolute atomic E-state index is 0.198. The third-order valence-corrected chi connectivity index (χ3v) is 10.2. The van der Waals surface area contributed by atoms with Crippen molar-refractivity contribution in [3.8, 4) is 11.3 Å². The summed E-state index contributed by atoms with van der Waals surface area (Å²) in [5, 5.41) is 5.07. The first-order valence-electron chi connectivity index (χ1n) is 18.7. The molecular weight excluding hydrogens is 763 g/mol. The molecule has 3 amide bonds. The summed E-state index contributed by atoms with van der Waals surface area (Å²) in [4.78, 5) is 54.6. The molecule has 0 saturated carbocycles. The third kappa shape index (κ3) is 9.41. The highest BCUT2D eigenvalue weighted by Crippen LogP contribution is 2.41. The number of carbonyl (C=O) groups excluding carboxylic acids is 3. The molecule has 4 N–H and O–H groups in total. The van der Waals surface area contributed by atoms with Crippen LogP contribution in [0.4, 0.5) is 16.3 Å². The van der Waals surface area contributed by atoms with E-state index in [2.05, 4.69) is 44.2 Å². The summed E-state index contributed by atoms with van der Waals surface area (Å²) in [7, 11) is 0. The first-order valence-corrected chi connectivity index (χ1v) is 19.4. The molecule has 12 nitrogen and oxygen atoms in total. The lowest BCUT2D eigenvalue weighted by Crippen LogP contribution is -2.48. The van der Waals surface area contributed by atoms with Crippen molar-refractivity contribution in [3.63, 3.8) is 0 Å². The van der Waals surface area contributed by atoms with E-state index in [4.69, 9.17) is 32.9 Å². The lowest BCUT2D eigenvalue weighted by Gasteiger charge is -2.33. The monoisotopic (exact) mass is 808 g/mol. The Bertz CT molecular complexity index is 2350. The minimum atomic E-state index is -0.730. The first-order chi connectivity index (χ1) is 27.3. The van der Waals surface area contributed by atoms with Gasteiger partial charge < -0.3 is 24.5 Å². The average molecular weight is 810 g/mol. The summed E-state index contributed by atoms with van der Waals surface area (Å²) < 4.78 is 7.28. The highest BCUT2D eigenvalue weighted by Gasteiger charge is 2.30. The number of ether oxygens (including phenoxy) is 1. The Labute approximate surface area is 342 Å². The van der Waals surface area contributed by atoms with E-state index >= 15 is 0 Å². The van der Waals surface area contributed by atoms with E-state index in [1.165, 1.54) is 0 Å².